The van der Waals surface area contributed by atoms with Gasteiger partial charge in [0.25, 0.3) is 0 Å². The average molecular weight is 489 g/mol. The van der Waals surface area contributed by atoms with E-state index in [-0.39, 0.29) is 6.03 Å². The minimum Gasteiger partial charge on any atom is -0.399 e. The van der Waals surface area contributed by atoms with Crippen LogP contribution in [0.25, 0.3) is 43.5 Å². The van der Waals surface area contributed by atoms with E-state index in [9.17, 15) is 4.79 Å². The first-order valence-electron chi connectivity index (χ1n) is 12.1. The van der Waals surface area contributed by atoms with E-state index in [4.69, 9.17) is 12.9 Å². The van der Waals surface area contributed by atoms with Crippen molar-refractivity contribution in [3.05, 3.63) is 72.8 Å². The molecule has 5 aromatic rings. The van der Waals surface area contributed by atoms with Gasteiger partial charge in [-0.2, -0.15) is 0 Å². The standard InChI is InChI=1S/C28H29N2O4P/c1-2-3-17-29-28(31)30-18-8-19-32-35-33-24-15-13-20-9-4-6-11-22(20)26(24)27-23-12-7-5-10-21(23)14-16-25(27)34-35/h4-7,9-16H,2-3,8,17-19H2,1H3,(H2,29,30,31). The molecule has 0 radical (unpaired) electrons. The van der Waals surface area contributed by atoms with Crippen molar-refractivity contribution in [3.63, 3.8) is 0 Å². The zero-order chi connectivity index (χ0) is 24.0. The first-order valence-corrected chi connectivity index (χ1v) is 13.2. The lowest BCUT2D eigenvalue weighted by Crippen LogP contribution is -2.36. The SMILES string of the molecule is CCCCNC(=O)NCCCOp1oc2ccc3ccccc3c2c2c(ccc3ccccc32)o1. The number of carbonyl (C=O) groups excluding carboxylic acids is 1. The number of unbranched alkanes of at least 4 members (excludes halogenated alkanes) is 1. The largest absolute Gasteiger partial charge is 0.399 e. The first-order chi connectivity index (χ1) is 17.2. The molecule has 5 rings (SSSR count). The minimum atomic E-state index is -1.65. The fraction of sp³-hybridized carbons (Fsp3) is 0.250. The van der Waals surface area contributed by atoms with Gasteiger partial charge in [-0.3, -0.25) is 4.52 Å². The third kappa shape index (κ3) is 5.14. The molecule has 35 heavy (non-hydrogen) atoms. The zero-order valence-electron chi connectivity index (χ0n) is 19.8. The van der Waals surface area contributed by atoms with Gasteiger partial charge in [0.05, 0.1) is 6.61 Å². The Morgan fingerprint density at radius 1 is 0.771 bits per heavy atom. The number of nitrogens with one attached hydrogen (secondary N) is 2. The molecular weight excluding hydrogens is 459 g/mol. The van der Waals surface area contributed by atoms with Crippen molar-refractivity contribution in [3.8, 4) is 0 Å². The van der Waals surface area contributed by atoms with Gasteiger partial charge in [0, 0.05) is 23.9 Å². The van der Waals surface area contributed by atoms with Crippen LogP contribution >= 0.6 is 8.24 Å². The number of rotatable bonds is 8. The lowest BCUT2D eigenvalue weighted by atomic mass is 9.99. The first kappa shape index (κ1) is 23.3. The van der Waals surface area contributed by atoms with E-state index in [1.54, 1.807) is 0 Å². The lowest BCUT2D eigenvalue weighted by Gasteiger charge is -2.06. The van der Waals surface area contributed by atoms with Gasteiger partial charge >= 0.3 is 14.3 Å². The van der Waals surface area contributed by atoms with Crippen molar-refractivity contribution in [1.29, 1.82) is 0 Å². The van der Waals surface area contributed by atoms with Gasteiger partial charge in [-0.25, -0.2) is 4.79 Å². The second-order valence-electron chi connectivity index (χ2n) is 8.45. The predicted octanol–water partition coefficient (Wildman–Crippen LogP) is 7.51. The number of fused-ring (bicyclic) bond motifs is 7. The van der Waals surface area contributed by atoms with E-state index in [1.807, 2.05) is 36.4 Å². The molecule has 6 nitrogen and oxygen atoms in total. The van der Waals surface area contributed by atoms with Crippen LogP contribution in [0.15, 0.2) is 81.2 Å². The molecule has 0 aliphatic rings. The van der Waals surface area contributed by atoms with Gasteiger partial charge in [-0.05, 0) is 46.5 Å². The van der Waals surface area contributed by atoms with Crippen LogP contribution in [-0.4, -0.2) is 25.7 Å². The summed E-state index contributed by atoms with van der Waals surface area (Å²) in [6.45, 7) is 3.71. The molecule has 0 bridgehead atoms. The Labute approximate surface area is 204 Å². The van der Waals surface area contributed by atoms with Gasteiger partial charge in [0.15, 0.2) is 0 Å². The molecule has 0 unspecified atom stereocenters. The van der Waals surface area contributed by atoms with Crippen molar-refractivity contribution >= 4 is 57.8 Å². The third-order valence-electron chi connectivity index (χ3n) is 6.00. The van der Waals surface area contributed by atoms with Gasteiger partial charge in [0.2, 0.25) is 0 Å². The molecule has 0 saturated heterocycles. The van der Waals surface area contributed by atoms with Crippen LogP contribution in [-0.2, 0) is 0 Å². The van der Waals surface area contributed by atoms with Crippen LogP contribution in [0.4, 0.5) is 4.79 Å². The van der Waals surface area contributed by atoms with Gasteiger partial charge in [-0.15, -0.1) is 0 Å². The predicted molar refractivity (Wildman–Crippen MR) is 144 cm³/mol. The highest BCUT2D eigenvalue weighted by atomic mass is 31.1. The smallest absolute Gasteiger partial charge is 0.387 e. The average Bonchev–Trinajstić information content (AvgIpc) is 3.05. The Balaban J connectivity index is 1.48. The summed E-state index contributed by atoms with van der Waals surface area (Å²) in [4.78, 5) is 11.8. The second kappa shape index (κ2) is 10.9. The summed E-state index contributed by atoms with van der Waals surface area (Å²) < 4.78 is 18.7. The fourth-order valence-electron chi connectivity index (χ4n) is 4.26. The molecule has 180 valence electrons. The number of amides is 2. The Bertz CT molecular complexity index is 1430. The number of benzene rings is 4. The zero-order valence-corrected chi connectivity index (χ0v) is 20.6. The van der Waals surface area contributed by atoms with E-state index in [0.29, 0.717) is 26.1 Å². The Kier molecular flexibility index (Phi) is 7.22. The third-order valence-corrected chi connectivity index (χ3v) is 7.08. The number of carbonyl (C=O) groups is 1. The molecule has 2 amide bonds. The molecule has 0 aliphatic carbocycles. The summed E-state index contributed by atoms with van der Waals surface area (Å²) in [7, 11) is -1.65. The van der Waals surface area contributed by atoms with Crippen molar-refractivity contribution in [2.75, 3.05) is 19.7 Å². The molecule has 1 heterocycles. The monoisotopic (exact) mass is 488 g/mol. The van der Waals surface area contributed by atoms with E-state index >= 15 is 0 Å². The molecular formula is C28H29N2O4P. The van der Waals surface area contributed by atoms with Crippen LogP contribution in [0.5, 0.6) is 0 Å². The molecule has 0 saturated carbocycles. The molecule has 2 N–H and O–H groups in total. The molecule has 0 aliphatic heterocycles. The van der Waals surface area contributed by atoms with Crippen LogP contribution in [0.1, 0.15) is 26.2 Å². The Hall–Kier alpha value is -3.47. The van der Waals surface area contributed by atoms with Crippen LogP contribution in [0.3, 0.4) is 0 Å². The summed E-state index contributed by atoms with van der Waals surface area (Å²) in [5, 5.41) is 12.3. The molecule has 4 aromatic carbocycles. The molecule has 1 aromatic heterocycles. The molecule has 0 atom stereocenters. The topological polar surface area (TPSA) is 76.6 Å². The van der Waals surface area contributed by atoms with Crippen molar-refractivity contribution in [2.45, 2.75) is 26.2 Å². The van der Waals surface area contributed by atoms with Crippen molar-refractivity contribution in [1.82, 2.24) is 10.6 Å². The highest BCUT2D eigenvalue weighted by molar-refractivity contribution is 7.31. The highest BCUT2D eigenvalue weighted by Gasteiger charge is 2.13. The summed E-state index contributed by atoms with van der Waals surface area (Å²) in [6, 6.07) is 24.6. The van der Waals surface area contributed by atoms with E-state index in [1.165, 1.54) is 0 Å². The maximum atomic E-state index is 11.8. The van der Waals surface area contributed by atoms with Crippen molar-refractivity contribution < 1.29 is 17.7 Å². The Morgan fingerprint density at radius 2 is 1.31 bits per heavy atom. The number of urea groups is 1. The van der Waals surface area contributed by atoms with Crippen LogP contribution in [0.2, 0.25) is 0 Å². The normalized spacial score (nSPS) is 11.3. The molecule has 0 fully saturated rings. The quantitative estimate of drug-likeness (QED) is 0.222. The highest BCUT2D eigenvalue weighted by Crippen LogP contribution is 2.40. The molecule has 0 spiro atoms. The van der Waals surface area contributed by atoms with Gasteiger partial charge in [-0.1, -0.05) is 74.0 Å². The molecule has 7 heteroatoms. The van der Waals surface area contributed by atoms with E-state index < -0.39 is 8.24 Å². The second-order valence-corrected chi connectivity index (χ2v) is 9.52. The van der Waals surface area contributed by atoms with E-state index in [0.717, 1.165) is 56.3 Å². The van der Waals surface area contributed by atoms with Gasteiger partial charge in [0.1, 0.15) is 11.2 Å². The Morgan fingerprint density at radius 3 is 1.89 bits per heavy atom. The summed E-state index contributed by atoms with van der Waals surface area (Å²) in [5.74, 6) is 0. The number of hydrogen-bond acceptors (Lipinski definition) is 4. The van der Waals surface area contributed by atoms with Crippen molar-refractivity contribution in [2.24, 2.45) is 0 Å². The summed E-state index contributed by atoms with van der Waals surface area (Å²) in [6.07, 6.45) is 2.68. The van der Waals surface area contributed by atoms with Crippen LogP contribution < -0.4 is 15.2 Å². The minimum absolute atomic E-state index is 0.146. The van der Waals surface area contributed by atoms with Gasteiger partial charge < -0.3 is 19.0 Å². The summed E-state index contributed by atoms with van der Waals surface area (Å²) in [5.41, 5.74) is 1.50. The lowest BCUT2D eigenvalue weighted by molar-refractivity contribution is 0.240. The maximum absolute atomic E-state index is 11.8. The number of hydrogen-bond donors (Lipinski definition) is 2. The summed E-state index contributed by atoms with van der Waals surface area (Å²) >= 11 is 0. The fourth-order valence-corrected chi connectivity index (χ4v) is 5.30. The van der Waals surface area contributed by atoms with Crippen LogP contribution in [0, 0.1) is 0 Å². The maximum Gasteiger partial charge on any atom is 0.387 e. The van der Waals surface area contributed by atoms with E-state index in [2.05, 4.69) is 54.0 Å².